The van der Waals surface area contributed by atoms with Crippen molar-refractivity contribution in [1.82, 2.24) is 15.3 Å². The van der Waals surface area contributed by atoms with E-state index in [1.165, 1.54) is 32.1 Å². The lowest BCUT2D eigenvalue weighted by Gasteiger charge is -2.50. The molecular formula is C14H22N4. The van der Waals surface area contributed by atoms with Gasteiger partial charge < -0.3 is 10.2 Å². The minimum absolute atomic E-state index is 0.303. The molecule has 0 amide bonds. The van der Waals surface area contributed by atoms with E-state index in [4.69, 9.17) is 0 Å². The molecule has 0 radical (unpaired) electrons. The predicted octanol–water partition coefficient (Wildman–Crippen LogP) is 1.90. The van der Waals surface area contributed by atoms with E-state index in [1.807, 2.05) is 6.92 Å². The van der Waals surface area contributed by atoms with Gasteiger partial charge >= 0.3 is 0 Å². The Morgan fingerprint density at radius 3 is 2.83 bits per heavy atom. The van der Waals surface area contributed by atoms with Gasteiger partial charge in [-0.2, -0.15) is 0 Å². The van der Waals surface area contributed by atoms with Crippen LogP contribution >= 0.6 is 0 Å². The van der Waals surface area contributed by atoms with Crippen LogP contribution in [0.4, 0.5) is 5.82 Å². The molecule has 0 aromatic carbocycles. The van der Waals surface area contributed by atoms with E-state index >= 15 is 0 Å². The fraction of sp³-hybridized carbons (Fsp3) is 0.714. The second-order valence-corrected chi connectivity index (χ2v) is 5.63. The first kappa shape index (κ1) is 11.9. The van der Waals surface area contributed by atoms with Crippen molar-refractivity contribution in [3.05, 3.63) is 18.1 Å². The van der Waals surface area contributed by atoms with Gasteiger partial charge in [0, 0.05) is 31.4 Å². The van der Waals surface area contributed by atoms with Gasteiger partial charge in [0.05, 0.1) is 5.54 Å². The third kappa shape index (κ3) is 2.09. The zero-order chi connectivity index (χ0) is 12.4. The lowest BCUT2D eigenvalue weighted by atomic mass is 9.79. The van der Waals surface area contributed by atoms with Crippen LogP contribution < -0.4 is 10.2 Å². The Morgan fingerprint density at radius 1 is 1.22 bits per heavy atom. The van der Waals surface area contributed by atoms with Crippen LogP contribution in [0.5, 0.6) is 0 Å². The molecule has 1 N–H and O–H groups in total. The number of hydrogen-bond donors (Lipinski definition) is 1. The summed E-state index contributed by atoms with van der Waals surface area (Å²) in [5.74, 6) is 1.12. The van der Waals surface area contributed by atoms with Crippen LogP contribution in [-0.4, -0.2) is 35.1 Å². The highest BCUT2D eigenvalue weighted by Gasteiger charge is 2.40. The van der Waals surface area contributed by atoms with Crippen molar-refractivity contribution in [2.45, 2.75) is 44.6 Å². The van der Waals surface area contributed by atoms with Gasteiger partial charge in [0.25, 0.3) is 0 Å². The van der Waals surface area contributed by atoms with E-state index in [0.29, 0.717) is 5.54 Å². The van der Waals surface area contributed by atoms with Crippen molar-refractivity contribution >= 4 is 5.82 Å². The highest BCUT2D eigenvalue weighted by atomic mass is 15.3. The Morgan fingerprint density at radius 2 is 2.06 bits per heavy atom. The molecule has 1 spiro atoms. The Bertz CT molecular complexity index is 404. The molecule has 0 atom stereocenters. The van der Waals surface area contributed by atoms with E-state index in [1.54, 1.807) is 6.33 Å². The molecule has 1 aromatic rings. The molecule has 1 aliphatic heterocycles. The van der Waals surface area contributed by atoms with Crippen LogP contribution in [-0.2, 0) is 0 Å². The second-order valence-electron chi connectivity index (χ2n) is 5.63. The third-order valence-corrected chi connectivity index (χ3v) is 4.39. The minimum Gasteiger partial charge on any atom is -0.348 e. The van der Waals surface area contributed by atoms with Gasteiger partial charge in [0.1, 0.15) is 12.1 Å². The minimum atomic E-state index is 0.303. The number of aryl methyl sites for hydroxylation is 1. The number of nitrogens with zero attached hydrogens (tertiary/aromatic N) is 3. The van der Waals surface area contributed by atoms with Gasteiger partial charge in [-0.1, -0.05) is 19.3 Å². The monoisotopic (exact) mass is 246 g/mol. The predicted molar refractivity (Wildman–Crippen MR) is 72.8 cm³/mol. The first-order valence-corrected chi connectivity index (χ1v) is 7.07. The Hall–Kier alpha value is -1.16. The largest absolute Gasteiger partial charge is 0.348 e. The molecule has 1 saturated carbocycles. The number of nitrogens with one attached hydrogen (secondary N) is 1. The van der Waals surface area contributed by atoms with Gasteiger partial charge in [0.15, 0.2) is 0 Å². The van der Waals surface area contributed by atoms with Crippen LogP contribution in [0.1, 0.15) is 37.8 Å². The molecule has 0 bridgehead atoms. The fourth-order valence-corrected chi connectivity index (χ4v) is 3.45. The topological polar surface area (TPSA) is 41.0 Å². The van der Waals surface area contributed by atoms with Crippen LogP contribution in [0.3, 0.4) is 0 Å². The standard InChI is InChI=1S/C14H22N4/c1-12-9-13(17-11-16-12)18-8-7-15-10-14(18)5-3-2-4-6-14/h9,11,15H,2-8,10H2,1H3. The number of aromatic nitrogens is 2. The van der Waals surface area contributed by atoms with Gasteiger partial charge in [-0.3, -0.25) is 0 Å². The zero-order valence-electron chi connectivity index (χ0n) is 11.2. The van der Waals surface area contributed by atoms with Crippen LogP contribution in [0.15, 0.2) is 12.4 Å². The Balaban J connectivity index is 1.91. The van der Waals surface area contributed by atoms with Crippen molar-refractivity contribution in [2.24, 2.45) is 0 Å². The van der Waals surface area contributed by atoms with Crippen LogP contribution in [0.25, 0.3) is 0 Å². The van der Waals surface area contributed by atoms with Crippen molar-refractivity contribution in [3.8, 4) is 0 Å². The lowest BCUT2D eigenvalue weighted by molar-refractivity contribution is 0.239. The first-order chi connectivity index (χ1) is 8.80. The Labute approximate surface area is 109 Å². The van der Waals surface area contributed by atoms with E-state index in [0.717, 1.165) is 31.1 Å². The summed E-state index contributed by atoms with van der Waals surface area (Å²) in [6, 6.07) is 2.13. The molecule has 4 nitrogen and oxygen atoms in total. The highest BCUT2D eigenvalue weighted by molar-refractivity contribution is 5.44. The second kappa shape index (κ2) is 4.84. The van der Waals surface area contributed by atoms with Crippen molar-refractivity contribution in [3.63, 3.8) is 0 Å². The third-order valence-electron chi connectivity index (χ3n) is 4.39. The van der Waals surface area contributed by atoms with Crippen LogP contribution in [0, 0.1) is 6.92 Å². The summed E-state index contributed by atoms with van der Waals surface area (Å²) < 4.78 is 0. The summed E-state index contributed by atoms with van der Waals surface area (Å²) in [6.07, 6.45) is 8.37. The van der Waals surface area contributed by atoms with Crippen LogP contribution in [0.2, 0.25) is 0 Å². The fourth-order valence-electron chi connectivity index (χ4n) is 3.45. The maximum absolute atomic E-state index is 4.50. The summed E-state index contributed by atoms with van der Waals surface area (Å²) in [5, 5.41) is 3.57. The molecular weight excluding hydrogens is 224 g/mol. The maximum Gasteiger partial charge on any atom is 0.132 e. The maximum atomic E-state index is 4.50. The summed E-state index contributed by atoms with van der Waals surface area (Å²) >= 11 is 0. The first-order valence-electron chi connectivity index (χ1n) is 7.07. The molecule has 1 aromatic heterocycles. The summed E-state index contributed by atoms with van der Waals surface area (Å²) in [4.78, 5) is 11.3. The zero-order valence-corrected chi connectivity index (χ0v) is 11.2. The lowest BCUT2D eigenvalue weighted by Crippen LogP contribution is -2.62. The van der Waals surface area contributed by atoms with E-state index in [9.17, 15) is 0 Å². The Kier molecular flexibility index (Phi) is 3.20. The summed E-state index contributed by atoms with van der Waals surface area (Å²) in [6.45, 7) is 5.28. The molecule has 4 heteroatoms. The van der Waals surface area contributed by atoms with Gasteiger partial charge in [-0.05, 0) is 19.8 Å². The SMILES string of the molecule is Cc1cc(N2CCNCC23CCCCC3)ncn1. The number of piperazine rings is 1. The molecule has 2 aliphatic rings. The summed E-state index contributed by atoms with van der Waals surface area (Å²) in [7, 11) is 0. The van der Waals surface area contributed by atoms with E-state index in [-0.39, 0.29) is 0 Å². The van der Waals surface area contributed by atoms with E-state index < -0.39 is 0 Å². The summed E-state index contributed by atoms with van der Waals surface area (Å²) in [5.41, 5.74) is 1.36. The molecule has 98 valence electrons. The van der Waals surface area contributed by atoms with Crippen molar-refractivity contribution in [1.29, 1.82) is 0 Å². The molecule has 18 heavy (non-hydrogen) atoms. The molecule has 0 unspecified atom stereocenters. The molecule has 1 aliphatic carbocycles. The average molecular weight is 246 g/mol. The van der Waals surface area contributed by atoms with Gasteiger partial charge in [-0.25, -0.2) is 9.97 Å². The van der Waals surface area contributed by atoms with E-state index in [2.05, 4.69) is 26.3 Å². The molecule has 3 rings (SSSR count). The number of anilines is 1. The van der Waals surface area contributed by atoms with Gasteiger partial charge in [-0.15, -0.1) is 0 Å². The molecule has 2 heterocycles. The number of rotatable bonds is 1. The van der Waals surface area contributed by atoms with Crippen molar-refractivity contribution < 1.29 is 0 Å². The van der Waals surface area contributed by atoms with Crippen molar-refractivity contribution in [2.75, 3.05) is 24.5 Å². The highest BCUT2D eigenvalue weighted by Crippen LogP contribution is 2.36. The number of hydrogen-bond acceptors (Lipinski definition) is 4. The quantitative estimate of drug-likeness (QED) is 0.821. The smallest absolute Gasteiger partial charge is 0.132 e. The normalized spacial score (nSPS) is 23.3. The molecule has 2 fully saturated rings. The molecule has 1 saturated heterocycles. The van der Waals surface area contributed by atoms with Gasteiger partial charge in [0.2, 0.25) is 0 Å². The average Bonchev–Trinajstić information content (AvgIpc) is 2.40.